The van der Waals surface area contributed by atoms with Crippen LogP contribution in [0.15, 0.2) is 0 Å². The maximum atomic E-state index is 9.91. The Morgan fingerprint density at radius 3 is 2.50 bits per heavy atom. The lowest BCUT2D eigenvalue weighted by molar-refractivity contribution is 0.0279. The first kappa shape index (κ1) is 11.9. The monoisotopic (exact) mass is 173 g/mol. The zero-order chi connectivity index (χ0) is 9.61. The van der Waals surface area contributed by atoms with Gasteiger partial charge in [-0.1, -0.05) is 20.3 Å². The largest absolute Gasteiger partial charge is 0.390 e. The second-order valence-electron chi connectivity index (χ2n) is 4.07. The van der Waals surface area contributed by atoms with Gasteiger partial charge in [0.05, 0.1) is 5.60 Å². The molecular formula is C10H23NO. The summed E-state index contributed by atoms with van der Waals surface area (Å²) in [5, 5.41) is 13.0. The lowest BCUT2D eigenvalue weighted by atomic mass is 9.89. The molecule has 2 atom stereocenters. The number of hydrogen-bond acceptors (Lipinski definition) is 2. The van der Waals surface area contributed by atoms with Crippen molar-refractivity contribution >= 4 is 0 Å². The second kappa shape index (κ2) is 5.55. The normalized spacial score (nSPS) is 18.8. The number of rotatable bonds is 6. The molecule has 0 aliphatic rings. The molecule has 0 fully saturated rings. The molecule has 0 spiro atoms. The molecule has 0 bridgehead atoms. The average molecular weight is 173 g/mol. The molecule has 12 heavy (non-hydrogen) atoms. The summed E-state index contributed by atoms with van der Waals surface area (Å²) in [5.41, 5.74) is -0.488. The molecule has 2 heteroatoms. The lowest BCUT2D eigenvalue weighted by Crippen LogP contribution is -2.30. The highest BCUT2D eigenvalue weighted by atomic mass is 16.3. The molecule has 0 amide bonds. The maximum absolute atomic E-state index is 9.91. The topological polar surface area (TPSA) is 32.3 Å². The van der Waals surface area contributed by atoms with Crippen LogP contribution in [0.3, 0.4) is 0 Å². The van der Waals surface area contributed by atoms with Crippen LogP contribution in [0.4, 0.5) is 0 Å². The number of nitrogens with one attached hydrogen (secondary N) is 1. The van der Waals surface area contributed by atoms with Gasteiger partial charge in [0, 0.05) is 0 Å². The molecular weight excluding hydrogens is 150 g/mol. The highest BCUT2D eigenvalue weighted by Gasteiger charge is 2.21. The Balaban J connectivity index is 3.69. The molecule has 0 rings (SSSR count). The highest BCUT2D eigenvalue weighted by molar-refractivity contribution is 4.75. The SMILES string of the molecule is CCC(C)CC(C)(O)CCNC. The van der Waals surface area contributed by atoms with E-state index in [0.29, 0.717) is 5.92 Å². The van der Waals surface area contributed by atoms with Crippen molar-refractivity contribution in [3.63, 3.8) is 0 Å². The van der Waals surface area contributed by atoms with Crippen molar-refractivity contribution in [1.82, 2.24) is 5.32 Å². The molecule has 0 radical (unpaired) electrons. The molecule has 2 nitrogen and oxygen atoms in total. The van der Waals surface area contributed by atoms with E-state index in [1.165, 1.54) is 0 Å². The smallest absolute Gasteiger partial charge is 0.0634 e. The highest BCUT2D eigenvalue weighted by Crippen LogP contribution is 2.21. The van der Waals surface area contributed by atoms with Gasteiger partial charge in [-0.05, 0) is 39.3 Å². The molecule has 2 N–H and O–H groups in total. The van der Waals surface area contributed by atoms with Crippen LogP contribution in [0.1, 0.15) is 40.0 Å². The molecule has 0 aromatic heterocycles. The van der Waals surface area contributed by atoms with E-state index in [1.54, 1.807) is 0 Å². The third-order valence-corrected chi connectivity index (χ3v) is 2.40. The van der Waals surface area contributed by atoms with Gasteiger partial charge in [-0.25, -0.2) is 0 Å². The Kier molecular flexibility index (Phi) is 5.51. The van der Waals surface area contributed by atoms with Gasteiger partial charge < -0.3 is 10.4 Å². The summed E-state index contributed by atoms with van der Waals surface area (Å²) in [7, 11) is 1.92. The molecule has 0 aliphatic carbocycles. The first-order valence-corrected chi connectivity index (χ1v) is 4.89. The van der Waals surface area contributed by atoms with Crippen molar-refractivity contribution in [2.24, 2.45) is 5.92 Å². The summed E-state index contributed by atoms with van der Waals surface area (Å²) in [6.07, 6.45) is 2.90. The van der Waals surface area contributed by atoms with E-state index in [0.717, 1.165) is 25.8 Å². The van der Waals surface area contributed by atoms with Crippen LogP contribution in [-0.4, -0.2) is 24.3 Å². The van der Waals surface area contributed by atoms with Crippen molar-refractivity contribution in [2.45, 2.75) is 45.6 Å². The first-order valence-electron chi connectivity index (χ1n) is 4.89. The zero-order valence-electron chi connectivity index (χ0n) is 8.85. The maximum Gasteiger partial charge on any atom is 0.0634 e. The molecule has 0 aromatic rings. The van der Waals surface area contributed by atoms with Gasteiger partial charge >= 0.3 is 0 Å². The van der Waals surface area contributed by atoms with E-state index in [-0.39, 0.29) is 0 Å². The van der Waals surface area contributed by atoms with Gasteiger partial charge in [-0.2, -0.15) is 0 Å². The fraction of sp³-hybridized carbons (Fsp3) is 1.00. The van der Waals surface area contributed by atoms with Crippen LogP contribution in [0, 0.1) is 5.92 Å². The Bertz CT molecular complexity index is 112. The Labute approximate surface area is 76.4 Å². The second-order valence-corrected chi connectivity index (χ2v) is 4.07. The molecule has 0 heterocycles. The quantitative estimate of drug-likeness (QED) is 0.642. The summed E-state index contributed by atoms with van der Waals surface area (Å²) in [6, 6.07) is 0. The van der Waals surface area contributed by atoms with Crippen molar-refractivity contribution < 1.29 is 5.11 Å². The average Bonchev–Trinajstić information content (AvgIpc) is 2.00. The third kappa shape index (κ3) is 5.56. The van der Waals surface area contributed by atoms with Crippen LogP contribution in [0.5, 0.6) is 0 Å². The van der Waals surface area contributed by atoms with E-state index in [4.69, 9.17) is 0 Å². The summed E-state index contributed by atoms with van der Waals surface area (Å²) in [5.74, 6) is 0.622. The van der Waals surface area contributed by atoms with Gasteiger partial charge in [-0.3, -0.25) is 0 Å². The van der Waals surface area contributed by atoms with Crippen molar-refractivity contribution in [3.05, 3.63) is 0 Å². The van der Waals surface area contributed by atoms with Gasteiger partial charge in [0.25, 0.3) is 0 Å². The van der Waals surface area contributed by atoms with E-state index in [2.05, 4.69) is 19.2 Å². The van der Waals surface area contributed by atoms with Gasteiger partial charge in [-0.15, -0.1) is 0 Å². The van der Waals surface area contributed by atoms with Crippen molar-refractivity contribution in [1.29, 1.82) is 0 Å². The van der Waals surface area contributed by atoms with Crippen molar-refractivity contribution in [3.8, 4) is 0 Å². The number of hydrogen-bond donors (Lipinski definition) is 2. The predicted molar refractivity (Wildman–Crippen MR) is 53.2 cm³/mol. The van der Waals surface area contributed by atoms with E-state index in [1.807, 2.05) is 14.0 Å². The molecule has 2 unspecified atom stereocenters. The van der Waals surface area contributed by atoms with Gasteiger partial charge in [0.2, 0.25) is 0 Å². The number of aliphatic hydroxyl groups is 1. The van der Waals surface area contributed by atoms with Crippen LogP contribution in [0.2, 0.25) is 0 Å². The summed E-state index contributed by atoms with van der Waals surface area (Å²) < 4.78 is 0. The van der Waals surface area contributed by atoms with Crippen LogP contribution < -0.4 is 5.32 Å². The standard InChI is InChI=1S/C10H23NO/c1-5-9(2)8-10(3,12)6-7-11-4/h9,11-12H,5-8H2,1-4H3. The van der Waals surface area contributed by atoms with Gasteiger partial charge in [0.1, 0.15) is 0 Å². The van der Waals surface area contributed by atoms with Crippen LogP contribution in [-0.2, 0) is 0 Å². The minimum Gasteiger partial charge on any atom is -0.390 e. The van der Waals surface area contributed by atoms with E-state index < -0.39 is 5.60 Å². The fourth-order valence-electron chi connectivity index (χ4n) is 1.39. The minimum atomic E-state index is -0.488. The predicted octanol–water partition coefficient (Wildman–Crippen LogP) is 1.78. The third-order valence-electron chi connectivity index (χ3n) is 2.40. The molecule has 0 saturated carbocycles. The molecule has 0 saturated heterocycles. The van der Waals surface area contributed by atoms with Crippen LogP contribution in [0.25, 0.3) is 0 Å². The Morgan fingerprint density at radius 2 is 2.08 bits per heavy atom. The van der Waals surface area contributed by atoms with Crippen molar-refractivity contribution in [2.75, 3.05) is 13.6 Å². The summed E-state index contributed by atoms with van der Waals surface area (Å²) in [4.78, 5) is 0. The van der Waals surface area contributed by atoms with E-state index in [9.17, 15) is 5.11 Å². The lowest BCUT2D eigenvalue weighted by Gasteiger charge is -2.26. The Hall–Kier alpha value is -0.0800. The molecule has 74 valence electrons. The van der Waals surface area contributed by atoms with E-state index >= 15 is 0 Å². The summed E-state index contributed by atoms with van der Waals surface area (Å²) in [6.45, 7) is 7.17. The molecule has 0 aliphatic heterocycles. The first-order chi connectivity index (χ1) is 5.52. The summed E-state index contributed by atoms with van der Waals surface area (Å²) >= 11 is 0. The minimum absolute atomic E-state index is 0.488. The van der Waals surface area contributed by atoms with Gasteiger partial charge in [0.15, 0.2) is 0 Å². The Morgan fingerprint density at radius 1 is 1.50 bits per heavy atom. The zero-order valence-corrected chi connectivity index (χ0v) is 8.85. The van der Waals surface area contributed by atoms with Crippen LogP contribution >= 0.6 is 0 Å². The molecule has 0 aromatic carbocycles. The fourth-order valence-corrected chi connectivity index (χ4v) is 1.39.